The van der Waals surface area contributed by atoms with Crippen LogP contribution in [-0.4, -0.2) is 70.2 Å². The topological polar surface area (TPSA) is 119 Å². The van der Waals surface area contributed by atoms with Gasteiger partial charge in [-0.1, -0.05) is 32.4 Å². The van der Waals surface area contributed by atoms with Crippen LogP contribution in [-0.2, 0) is 16.0 Å². The predicted molar refractivity (Wildman–Crippen MR) is 116 cm³/mol. The van der Waals surface area contributed by atoms with E-state index in [2.05, 4.69) is 18.8 Å². The first kappa shape index (κ1) is 24.0. The van der Waals surface area contributed by atoms with Gasteiger partial charge in [0.1, 0.15) is 11.4 Å². The Labute approximate surface area is 182 Å². The first-order chi connectivity index (χ1) is 14.8. The molecule has 1 heterocycles. The summed E-state index contributed by atoms with van der Waals surface area (Å²) >= 11 is 0. The second kappa shape index (κ2) is 11.2. The summed E-state index contributed by atoms with van der Waals surface area (Å²) in [4.78, 5) is 38.5. The minimum absolute atomic E-state index is 0.0118. The SMILES string of the molecule is C=CC(=O)N(CCN(CCc1ccc(O)c2c1OCC(=O)N2)C(=O)O)C(C)CCCC. The van der Waals surface area contributed by atoms with E-state index in [1.165, 1.54) is 17.0 Å². The molecule has 1 aromatic rings. The van der Waals surface area contributed by atoms with Crippen molar-refractivity contribution in [2.75, 3.05) is 31.6 Å². The van der Waals surface area contributed by atoms with Crippen molar-refractivity contribution < 1.29 is 29.3 Å². The second-order valence-electron chi connectivity index (χ2n) is 7.53. The van der Waals surface area contributed by atoms with Gasteiger partial charge in [0.2, 0.25) is 5.91 Å². The Bertz CT molecular complexity index is 826. The van der Waals surface area contributed by atoms with Gasteiger partial charge < -0.3 is 30.1 Å². The van der Waals surface area contributed by atoms with E-state index in [1.54, 1.807) is 11.0 Å². The van der Waals surface area contributed by atoms with Crippen molar-refractivity contribution in [1.82, 2.24) is 9.80 Å². The van der Waals surface area contributed by atoms with Crippen LogP contribution in [0.1, 0.15) is 38.7 Å². The highest BCUT2D eigenvalue weighted by Crippen LogP contribution is 2.39. The van der Waals surface area contributed by atoms with E-state index < -0.39 is 6.09 Å². The number of carbonyl (C=O) groups is 3. The first-order valence-electron chi connectivity index (χ1n) is 10.5. The van der Waals surface area contributed by atoms with Crippen molar-refractivity contribution in [3.05, 3.63) is 30.4 Å². The Kier molecular flexibility index (Phi) is 8.72. The summed E-state index contributed by atoms with van der Waals surface area (Å²) in [6, 6.07) is 3.07. The van der Waals surface area contributed by atoms with Crippen molar-refractivity contribution in [3.63, 3.8) is 0 Å². The average molecular weight is 434 g/mol. The van der Waals surface area contributed by atoms with Crippen LogP contribution < -0.4 is 10.1 Å². The van der Waals surface area contributed by atoms with Crippen LogP contribution in [0.4, 0.5) is 10.5 Å². The van der Waals surface area contributed by atoms with Gasteiger partial charge in [0.15, 0.2) is 12.4 Å². The number of fused-ring (bicyclic) bond motifs is 1. The number of ether oxygens (including phenoxy) is 1. The number of hydrogen-bond acceptors (Lipinski definition) is 5. The zero-order valence-electron chi connectivity index (χ0n) is 18.1. The zero-order chi connectivity index (χ0) is 23.0. The molecule has 31 heavy (non-hydrogen) atoms. The number of phenolic OH excluding ortho intramolecular Hbond substituents is 1. The van der Waals surface area contributed by atoms with Gasteiger partial charge in [0, 0.05) is 25.7 Å². The van der Waals surface area contributed by atoms with E-state index in [4.69, 9.17) is 4.74 Å². The highest BCUT2D eigenvalue weighted by molar-refractivity contribution is 5.97. The van der Waals surface area contributed by atoms with E-state index in [0.29, 0.717) is 17.7 Å². The minimum Gasteiger partial charge on any atom is -0.506 e. The molecule has 0 spiro atoms. The normalized spacial score (nSPS) is 13.4. The highest BCUT2D eigenvalue weighted by atomic mass is 16.5. The van der Waals surface area contributed by atoms with E-state index in [1.807, 2.05) is 6.92 Å². The number of carbonyl (C=O) groups excluding carboxylic acids is 2. The lowest BCUT2D eigenvalue weighted by Gasteiger charge is -2.31. The molecule has 1 aliphatic heterocycles. The molecular formula is C22H31N3O6. The molecule has 0 aliphatic carbocycles. The number of phenols is 1. The summed E-state index contributed by atoms with van der Waals surface area (Å²) in [5, 5.41) is 22.2. The van der Waals surface area contributed by atoms with Crippen LogP contribution in [0.3, 0.4) is 0 Å². The lowest BCUT2D eigenvalue weighted by molar-refractivity contribution is -0.128. The number of nitrogens with zero attached hydrogens (tertiary/aromatic N) is 2. The van der Waals surface area contributed by atoms with Gasteiger partial charge >= 0.3 is 6.09 Å². The number of rotatable bonds is 11. The minimum atomic E-state index is -1.09. The fourth-order valence-corrected chi connectivity index (χ4v) is 3.52. The van der Waals surface area contributed by atoms with Crippen LogP contribution in [0.2, 0.25) is 0 Å². The lowest BCUT2D eigenvalue weighted by atomic mass is 10.1. The summed E-state index contributed by atoms with van der Waals surface area (Å²) in [6.45, 7) is 8.01. The number of anilines is 1. The number of hydrogen-bond donors (Lipinski definition) is 3. The molecule has 9 nitrogen and oxygen atoms in total. The molecule has 3 N–H and O–H groups in total. The highest BCUT2D eigenvalue weighted by Gasteiger charge is 2.24. The van der Waals surface area contributed by atoms with Crippen LogP contribution in [0.25, 0.3) is 0 Å². The molecule has 170 valence electrons. The maximum Gasteiger partial charge on any atom is 0.407 e. The van der Waals surface area contributed by atoms with Crippen molar-refractivity contribution in [3.8, 4) is 11.5 Å². The Morgan fingerprint density at radius 2 is 2.06 bits per heavy atom. The molecule has 2 rings (SSSR count). The molecule has 0 saturated carbocycles. The van der Waals surface area contributed by atoms with Gasteiger partial charge in [-0.05, 0) is 37.5 Å². The van der Waals surface area contributed by atoms with E-state index >= 15 is 0 Å². The van der Waals surface area contributed by atoms with E-state index in [-0.39, 0.29) is 55.5 Å². The predicted octanol–water partition coefficient (Wildman–Crippen LogP) is 2.84. The van der Waals surface area contributed by atoms with Gasteiger partial charge in [-0.25, -0.2) is 4.79 Å². The van der Waals surface area contributed by atoms with Gasteiger partial charge in [0.25, 0.3) is 5.91 Å². The molecule has 1 aromatic carbocycles. The summed E-state index contributed by atoms with van der Waals surface area (Å²) in [5.41, 5.74) is 0.873. The first-order valence-corrected chi connectivity index (χ1v) is 10.5. The van der Waals surface area contributed by atoms with Crippen molar-refractivity contribution in [2.24, 2.45) is 0 Å². The summed E-state index contributed by atoms with van der Waals surface area (Å²) in [5.74, 6) is -0.343. The zero-order valence-corrected chi connectivity index (χ0v) is 18.1. The standard InChI is InChI=1S/C22H31N3O6/c1-4-6-7-15(3)25(19(28)5-2)13-12-24(22(29)30)11-10-16-8-9-17(26)20-21(16)31-14-18(27)23-20/h5,8-9,15,26H,2,4,6-7,10-14H2,1,3H3,(H,23,27)(H,29,30). The molecule has 9 heteroatoms. The molecule has 0 fully saturated rings. The maximum atomic E-state index is 12.3. The van der Waals surface area contributed by atoms with E-state index in [9.17, 15) is 24.6 Å². The molecule has 0 aromatic heterocycles. The Morgan fingerprint density at radius 3 is 2.71 bits per heavy atom. The third kappa shape index (κ3) is 6.37. The molecule has 0 saturated heterocycles. The molecule has 3 amide bonds. The summed E-state index contributed by atoms with van der Waals surface area (Å²) < 4.78 is 5.45. The number of benzene rings is 1. The van der Waals surface area contributed by atoms with Crippen molar-refractivity contribution in [1.29, 1.82) is 0 Å². The van der Waals surface area contributed by atoms with Gasteiger partial charge in [-0.2, -0.15) is 0 Å². The van der Waals surface area contributed by atoms with Gasteiger partial charge in [-0.3, -0.25) is 9.59 Å². The fourth-order valence-electron chi connectivity index (χ4n) is 3.52. The number of unbranched alkanes of at least 4 members (excludes halogenated alkanes) is 1. The number of amides is 3. The molecular weight excluding hydrogens is 402 g/mol. The summed E-state index contributed by atoms with van der Waals surface area (Å²) in [6.07, 6.45) is 3.32. The van der Waals surface area contributed by atoms with Crippen LogP contribution >= 0.6 is 0 Å². The summed E-state index contributed by atoms with van der Waals surface area (Å²) in [7, 11) is 0. The third-order valence-electron chi connectivity index (χ3n) is 5.33. The smallest absolute Gasteiger partial charge is 0.407 e. The number of aromatic hydroxyl groups is 1. The molecule has 1 atom stereocenters. The fraction of sp³-hybridized carbons (Fsp3) is 0.500. The van der Waals surface area contributed by atoms with Gasteiger partial charge in [-0.15, -0.1) is 0 Å². The largest absolute Gasteiger partial charge is 0.506 e. The monoisotopic (exact) mass is 433 g/mol. The Hall–Kier alpha value is -3.23. The van der Waals surface area contributed by atoms with Crippen LogP contribution in [0.5, 0.6) is 11.5 Å². The van der Waals surface area contributed by atoms with Crippen molar-refractivity contribution in [2.45, 2.75) is 45.6 Å². The molecule has 1 unspecified atom stereocenters. The quantitative estimate of drug-likeness (QED) is 0.365. The second-order valence-corrected chi connectivity index (χ2v) is 7.53. The Balaban J connectivity index is 2.06. The van der Waals surface area contributed by atoms with Crippen LogP contribution in [0, 0.1) is 0 Å². The third-order valence-corrected chi connectivity index (χ3v) is 5.33. The lowest BCUT2D eigenvalue weighted by Crippen LogP contribution is -2.44. The molecule has 0 bridgehead atoms. The average Bonchev–Trinajstić information content (AvgIpc) is 2.75. The molecule has 1 aliphatic rings. The number of carboxylic acid groups (broad SMARTS) is 1. The Morgan fingerprint density at radius 1 is 1.32 bits per heavy atom. The van der Waals surface area contributed by atoms with Crippen molar-refractivity contribution >= 4 is 23.6 Å². The number of nitrogens with one attached hydrogen (secondary N) is 1. The molecule has 0 radical (unpaired) electrons. The van der Waals surface area contributed by atoms with Crippen LogP contribution in [0.15, 0.2) is 24.8 Å². The van der Waals surface area contributed by atoms with E-state index in [0.717, 1.165) is 19.3 Å². The van der Waals surface area contributed by atoms with Gasteiger partial charge in [0.05, 0.1) is 0 Å². The maximum absolute atomic E-state index is 12.3.